The third kappa shape index (κ3) is 5.70. The number of sulfone groups is 1. The van der Waals surface area contributed by atoms with Gasteiger partial charge in [-0.05, 0) is 36.4 Å². The zero-order valence-corrected chi connectivity index (χ0v) is 20.5. The largest absolute Gasteiger partial charge is 0.354 e. The Morgan fingerprint density at radius 3 is 2.54 bits per heavy atom. The fraction of sp³-hybridized carbons (Fsp3) is 0.391. The Morgan fingerprint density at radius 1 is 1.09 bits per heavy atom. The van der Waals surface area contributed by atoms with Gasteiger partial charge in [-0.2, -0.15) is 0 Å². The van der Waals surface area contributed by atoms with Crippen LogP contribution in [0.1, 0.15) is 22.5 Å². The number of piperidine rings is 1. The highest BCUT2D eigenvalue weighted by Crippen LogP contribution is 2.20. The van der Waals surface area contributed by atoms with Gasteiger partial charge in [0.1, 0.15) is 17.8 Å². The van der Waals surface area contributed by atoms with Gasteiger partial charge in [-0.25, -0.2) is 8.42 Å². The first-order valence-electron chi connectivity index (χ1n) is 11.2. The van der Waals surface area contributed by atoms with E-state index in [2.05, 4.69) is 10.6 Å². The standard InChI is InChI=1S/C23H26N4O6S2/c28-20(15-35(32,33)16-6-2-1-3-7-16)26-11-12-27(23(31)19-9-5-13-34-19)18(14-26)22(30)25-17-8-4-10-24-21(17)29/h1-3,5-7,9,13,17-18H,4,8,10-12,14-15H2,(H,24,29)(H,25,30)/t17-,18+/m0/s1. The summed E-state index contributed by atoms with van der Waals surface area (Å²) in [5.74, 6) is -2.59. The Morgan fingerprint density at radius 2 is 1.86 bits per heavy atom. The number of hydrogen-bond donors (Lipinski definition) is 2. The topological polar surface area (TPSA) is 133 Å². The zero-order valence-electron chi connectivity index (χ0n) is 18.9. The van der Waals surface area contributed by atoms with Crippen LogP contribution in [0.3, 0.4) is 0 Å². The lowest BCUT2D eigenvalue weighted by Crippen LogP contribution is -2.64. The number of thiophene rings is 1. The molecule has 1 aromatic heterocycles. The molecule has 2 fully saturated rings. The van der Waals surface area contributed by atoms with Gasteiger partial charge >= 0.3 is 0 Å². The molecule has 3 heterocycles. The van der Waals surface area contributed by atoms with Crippen molar-refractivity contribution in [3.8, 4) is 0 Å². The first kappa shape index (κ1) is 24.9. The number of nitrogens with zero attached hydrogens (tertiary/aromatic N) is 2. The summed E-state index contributed by atoms with van der Waals surface area (Å²) < 4.78 is 25.4. The van der Waals surface area contributed by atoms with Crippen LogP contribution < -0.4 is 10.6 Å². The highest BCUT2D eigenvalue weighted by atomic mass is 32.2. The van der Waals surface area contributed by atoms with Gasteiger partial charge in [0, 0.05) is 19.6 Å². The fourth-order valence-corrected chi connectivity index (χ4v) is 6.09. The number of carbonyl (C=O) groups is 4. The molecule has 4 rings (SSSR count). The summed E-state index contributed by atoms with van der Waals surface area (Å²) in [5, 5.41) is 7.16. The van der Waals surface area contributed by atoms with Gasteiger partial charge in [0.15, 0.2) is 9.84 Å². The summed E-state index contributed by atoms with van der Waals surface area (Å²) in [6.45, 7) is 0.521. The predicted molar refractivity (Wildman–Crippen MR) is 128 cm³/mol. The molecule has 4 amide bonds. The maximum absolute atomic E-state index is 13.2. The van der Waals surface area contributed by atoms with Crippen LogP contribution in [0.4, 0.5) is 0 Å². The Hall–Kier alpha value is -3.25. The quantitative estimate of drug-likeness (QED) is 0.564. The summed E-state index contributed by atoms with van der Waals surface area (Å²) in [5.41, 5.74) is 0. The number of nitrogens with one attached hydrogen (secondary N) is 2. The van der Waals surface area contributed by atoms with Crippen LogP contribution in [-0.2, 0) is 24.2 Å². The molecule has 12 heteroatoms. The summed E-state index contributed by atoms with van der Waals surface area (Å²) >= 11 is 1.24. The van der Waals surface area contributed by atoms with Crippen molar-refractivity contribution in [1.82, 2.24) is 20.4 Å². The van der Waals surface area contributed by atoms with Crippen molar-refractivity contribution in [2.75, 3.05) is 31.9 Å². The molecule has 2 aliphatic heterocycles. The molecule has 2 N–H and O–H groups in total. The summed E-state index contributed by atoms with van der Waals surface area (Å²) in [6.07, 6.45) is 1.18. The molecule has 0 bridgehead atoms. The summed E-state index contributed by atoms with van der Waals surface area (Å²) in [7, 11) is -3.87. The molecule has 1 aromatic carbocycles. The zero-order chi connectivity index (χ0) is 25.0. The van der Waals surface area contributed by atoms with E-state index >= 15 is 0 Å². The van der Waals surface area contributed by atoms with Gasteiger partial charge in [0.05, 0.1) is 16.3 Å². The van der Waals surface area contributed by atoms with E-state index in [1.54, 1.807) is 35.7 Å². The number of amides is 4. The molecular formula is C23H26N4O6S2. The second kappa shape index (κ2) is 10.6. The van der Waals surface area contributed by atoms with E-state index in [1.165, 1.54) is 33.3 Å². The lowest BCUT2D eigenvalue weighted by molar-refractivity contribution is -0.137. The molecule has 2 aromatic rings. The molecule has 10 nitrogen and oxygen atoms in total. The van der Waals surface area contributed by atoms with Crippen LogP contribution >= 0.6 is 11.3 Å². The maximum atomic E-state index is 13.2. The predicted octanol–water partition coefficient (Wildman–Crippen LogP) is 0.270. The van der Waals surface area contributed by atoms with E-state index in [1.807, 2.05) is 0 Å². The van der Waals surface area contributed by atoms with Crippen LogP contribution in [-0.4, -0.2) is 85.9 Å². The molecule has 35 heavy (non-hydrogen) atoms. The third-order valence-electron chi connectivity index (χ3n) is 6.05. The van der Waals surface area contributed by atoms with E-state index in [-0.39, 0.29) is 36.3 Å². The van der Waals surface area contributed by atoms with E-state index in [0.717, 1.165) is 0 Å². The minimum absolute atomic E-state index is 0.0393. The average molecular weight is 519 g/mol. The van der Waals surface area contributed by atoms with Crippen molar-refractivity contribution in [3.05, 3.63) is 52.7 Å². The average Bonchev–Trinajstić information content (AvgIpc) is 3.40. The summed E-state index contributed by atoms with van der Waals surface area (Å²) in [6, 6.07) is 9.28. The van der Waals surface area contributed by atoms with E-state index < -0.39 is 39.5 Å². The molecule has 2 atom stereocenters. The van der Waals surface area contributed by atoms with E-state index in [4.69, 9.17) is 0 Å². The Labute approximate surface area is 207 Å². The number of rotatable bonds is 6. The molecule has 0 radical (unpaired) electrons. The van der Waals surface area contributed by atoms with E-state index in [0.29, 0.717) is 24.3 Å². The first-order chi connectivity index (χ1) is 16.8. The first-order valence-corrected chi connectivity index (χ1v) is 13.8. The second-order valence-electron chi connectivity index (χ2n) is 8.40. The SMILES string of the molecule is O=C1NCCC[C@@H]1NC(=O)[C@H]1CN(C(=O)CS(=O)(=O)c2ccccc2)CCN1C(=O)c1cccs1. The van der Waals surface area contributed by atoms with Crippen LogP contribution in [0.2, 0.25) is 0 Å². The third-order valence-corrected chi connectivity index (χ3v) is 8.52. The van der Waals surface area contributed by atoms with Gasteiger partial charge in [0.25, 0.3) is 5.91 Å². The van der Waals surface area contributed by atoms with Gasteiger partial charge in [-0.3, -0.25) is 19.2 Å². The monoisotopic (exact) mass is 518 g/mol. The fourth-order valence-electron chi connectivity index (χ4n) is 4.16. The Bertz CT molecular complexity index is 1200. The minimum atomic E-state index is -3.87. The van der Waals surface area contributed by atoms with Gasteiger partial charge in [0.2, 0.25) is 17.7 Å². The van der Waals surface area contributed by atoms with E-state index in [9.17, 15) is 27.6 Å². The van der Waals surface area contributed by atoms with Gasteiger partial charge in [-0.15, -0.1) is 11.3 Å². The molecular weight excluding hydrogens is 492 g/mol. The summed E-state index contributed by atoms with van der Waals surface area (Å²) in [4.78, 5) is 54.6. The molecule has 2 aliphatic rings. The molecule has 186 valence electrons. The van der Waals surface area contributed by atoms with Crippen LogP contribution in [0, 0.1) is 0 Å². The van der Waals surface area contributed by atoms with Gasteiger partial charge in [-0.1, -0.05) is 24.3 Å². The highest BCUT2D eigenvalue weighted by Gasteiger charge is 2.39. The maximum Gasteiger partial charge on any atom is 0.264 e. The van der Waals surface area contributed by atoms with Crippen LogP contribution in [0.15, 0.2) is 52.7 Å². The van der Waals surface area contributed by atoms with Crippen molar-refractivity contribution in [3.63, 3.8) is 0 Å². The lowest BCUT2D eigenvalue weighted by atomic mass is 10.0. The molecule has 0 unspecified atom stereocenters. The van der Waals surface area contributed by atoms with Crippen molar-refractivity contribution >= 4 is 44.8 Å². The number of hydrogen-bond acceptors (Lipinski definition) is 7. The highest BCUT2D eigenvalue weighted by molar-refractivity contribution is 7.92. The Kier molecular flexibility index (Phi) is 7.51. The lowest BCUT2D eigenvalue weighted by Gasteiger charge is -2.41. The Balaban J connectivity index is 1.51. The molecule has 2 saturated heterocycles. The number of carbonyl (C=O) groups excluding carboxylic acids is 4. The van der Waals surface area contributed by atoms with Gasteiger partial charge < -0.3 is 20.4 Å². The second-order valence-corrected chi connectivity index (χ2v) is 11.3. The number of benzene rings is 1. The number of piperazine rings is 1. The smallest absolute Gasteiger partial charge is 0.264 e. The minimum Gasteiger partial charge on any atom is -0.354 e. The van der Waals surface area contributed by atoms with Crippen molar-refractivity contribution in [2.45, 2.75) is 29.8 Å². The molecule has 0 aliphatic carbocycles. The normalized spacial score (nSPS) is 20.7. The van der Waals surface area contributed by atoms with Crippen LogP contribution in [0.5, 0.6) is 0 Å². The van der Waals surface area contributed by atoms with Crippen molar-refractivity contribution in [2.24, 2.45) is 0 Å². The van der Waals surface area contributed by atoms with Crippen molar-refractivity contribution < 1.29 is 27.6 Å². The molecule has 0 spiro atoms. The van der Waals surface area contributed by atoms with Crippen molar-refractivity contribution in [1.29, 1.82) is 0 Å². The molecule has 0 saturated carbocycles. The van der Waals surface area contributed by atoms with Crippen LogP contribution in [0.25, 0.3) is 0 Å².